The van der Waals surface area contributed by atoms with Gasteiger partial charge in [0, 0.05) is 11.0 Å². The van der Waals surface area contributed by atoms with E-state index in [1.165, 1.54) is 31.2 Å². The van der Waals surface area contributed by atoms with Gasteiger partial charge in [0.25, 0.3) is 0 Å². The Morgan fingerprint density at radius 1 is 1.12 bits per heavy atom. The molecular formula is C15H21IO. The minimum absolute atomic E-state index is 0.219. The average molecular weight is 344 g/mol. The third kappa shape index (κ3) is 3.95. The maximum Gasteiger partial charge on any atom is 0.0771 e. The van der Waals surface area contributed by atoms with Crippen molar-refractivity contribution in [1.29, 1.82) is 0 Å². The third-order valence-corrected chi connectivity index (χ3v) is 5.01. The molecule has 2 rings (SSSR count). The average Bonchev–Trinajstić information content (AvgIpc) is 2.85. The van der Waals surface area contributed by atoms with Crippen LogP contribution in [0.4, 0.5) is 0 Å². The molecule has 0 amide bonds. The van der Waals surface area contributed by atoms with Gasteiger partial charge >= 0.3 is 0 Å². The molecule has 1 nitrogen and oxygen atoms in total. The molecule has 94 valence electrons. The highest BCUT2D eigenvalue weighted by atomic mass is 127. The van der Waals surface area contributed by atoms with Crippen LogP contribution < -0.4 is 0 Å². The zero-order chi connectivity index (χ0) is 12.0. The van der Waals surface area contributed by atoms with Crippen molar-refractivity contribution in [2.75, 3.05) is 11.0 Å². The predicted molar refractivity (Wildman–Crippen MR) is 80.8 cm³/mol. The number of benzene rings is 1. The van der Waals surface area contributed by atoms with Gasteiger partial charge in [-0.05, 0) is 31.2 Å². The minimum Gasteiger partial charge on any atom is -0.374 e. The molecule has 0 heterocycles. The minimum atomic E-state index is 0.219. The van der Waals surface area contributed by atoms with E-state index < -0.39 is 0 Å². The summed E-state index contributed by atoms with van der Waals surface area (Å²) in [5, 5.41) is 0. The highest BCUT2D eigenvalue weighted by Gasteiger charge is 2.33. The summed E-state index contributed by atoms with van der Waals surface area (Å²) in [6, 6.07) is 10.7. The number of alkyl halides is 1. The molecule has 2 heteroatoms. The van der Waals surface area contributed by atoms with Crippen LogP contribution in [0.15, 0.2) is 30.3 Å². The van der Waals surface area contributed by atoms with Crippen molar-refractivity contribution in [2.24, 2.45) is 0 Å². The van der Waals surface area contributed by atoms with Crippen molar-refractivity contribution in [2.45, 2.75) is 44.1 Å². The van der Waals surface area contributed by atoms with Gasteiger partial charge in [0.05, 0.1) is 5.60 Å². The van der Waals surface area contributed by atoms with Crippen LogP contribution in [-0.2, 0) is 11.2 Å². The van der Waals surface area contributed by atoms with E-state index in [0.717, 1.165) is 23.9 Å². The van der Waals surface area contributed by atoms with Gasteiger partial charge in [0.2, 0.25) is 0 Å². The molecule has 0 atom stereocenters. The number of halogens is 1. The first-order valence-electron chi connectivity index (χ1n) is 6.58. The van der Waals surface area contributed by atoms with Gasteiger partial charge in [-0.15, -0.1) is 0 Å². The van der Waals surface area contributed by atoms with Crippen molar-refractivity contribution in [3.63, 3.8) is 0 Å². The molecule has 1 saturated carbocycles. The van der Waals surface area contributed by atoms with E-state index in [-0.39, 0.29) is 5.60 Å². The summed E-state index contributed by atoms with van der Waals surface area (Å²) in [6.07, 6.45) is 7.51. The Kier molecular flexibility index (Phi) is 5.29. The molecular weight excluding hydrogens is 323 g/mol. The van der Waals surface area contributed by atoms with Crippen molar-refractivity contribution < 1.29 is 4.74 Å². The molecule has 17 heavy (non-hydrogen) atoms. The lowest BCUT2D eigenvalue weighted by atomic mass is 10.1. The lowest BCUT2D eigenvalue weighted by Gasteiger charge is -2.27. The fourth-order valence-electron chi connectivity index (χ4n) is 2.55. The molecule has 1 aromatic carbocycles. The normalized spacial score (nSPS) is 18.4. The first kappa shape index (κ1) is 13.3. The molecule has 0 bridgehead atoms. The smallest absolute Gasteiger partial charge is 0.0771 e. The van der Waals surface area contributed by atoms with Gasteiger partial charge in [0.15, 0.2) is 0 Å². The van der Waals surface area contributed by atoms with Gasteiger partial charge in [-0.1, -0.05) is 65.8 Å². The maximum absolute atomic E-state index is 6.15. The summed E-state index contributed by atoms with van der Waals surface area (Å²) < 4.78 is 7.30. The first-order chi connectivity index (χ1) is 8.35. The number of aryl methyl sites for hydroxylation is 1. The van der Waals surface area contributed by atoms with Crippen LogP contribution in [0, 0.1) is 0 Å². The second-order valence-corrected chi connectivity index (χ2v) is 5.72. The van der Waals surface area contributed by atoms with E-state index >= 15 is 0 Å². The van der Waals surface area contributed by atoms with E-state index in [0.29, 0.717) is 0 Å². The SMILES string of the molecule is ICC1(OCCCc2ccccc2)CCCC1. The Morgan fingerprint density at radius 2 is 1.82 bits per heavy atom. The summed E-state index contributed by atoms with van der Waals surface area (Å²) in [4.78, 5) is 0. The molecule has 1 fully saturated rings. The molecule has 0 saturated heterocycles. The molecule has 0 aliphatic heterocycles. The van der Waals surface area contributed by atoms with Crippen molar-refractivity contribution >= 4 is 22.6 Å². The van der Waals surface area contributed by atoms with E-state index in [2.05, 4.69) is 52.9 Å². The molecule has 0 unspecified atom stereocenters. The molecule has 1 aromatic rings. The first-order valence-corrected chi connectivity index (χ1v) is 8.11. The highest BCUT2D eigenvalue weighted by molar-refractivity contribution is 14.1. The van der Waals surface area contributed by atoms with Gasteiger partial charge in [-0.2, -0.15) is 0 Å². The number of hydrogen-bond donors (Lipinski definition) is 0. The van der Waals surface area contributed by atoms with E-state index in [1.807, 2.05) is 0 Å². The Hall–Kier alpha value is -0.0900. The fraction of sp³-hybridized carbons (Fsp3) is 0.600. The van der Waals surface area contributed by atoms with Crippen LogP contribution >= 0.6 is 22.6 Å². The maximum atomic E-state index is 6.15. The van der Waals surface area contributed by atoms with Crippen LogP contribution in [-0.4, -0.2) is 16.6 Å². The zero-order valence-electron chi connectivity index (χ0n) is 10.3. The Bertz CT molecular complexity index is 317. The van der Waals surface area contributed by atoms with Gasteiger partial charge < -0.3 is 4.74 Å². The Morgan fingerprint density at radius 3 is 2.47 bits per heavy atom. The van der Waals surface area contributed by atoms with Crippen molar-refractivity contribution in [3.8, 4) is 0 Å². The van der Waals surface area contributed by atoms with Crippen LogP contribution in [0.5, 0.6) is 0 Å². The van der Waals surface area contributed by atoms with Gasteiger partial charge in [-0.3, -0.25) is 0 Å². The van der Waals surface area contributed by atoms with E-state index in [1.54, 1.807) is 0 Å². The predicted octanol–water partition coefficient (Wildman–Crippen LogP) is 4.38. The quantitative estimate of drug-likeness (QED) is 0.423. The standard InChI is InChI=1S/C15H21IO/c16-13-15(10-4-5-11-15)17-12-6-9-14-7-2-1-3-8-14/h1-3,7-8H,4-6,9-13H2. The molecule has 0 aromatic heterocycles. The van der Waals surface area contributed by atoms with Crippen LogP contribution in [0.3, 0.4) is 0 Å². The second kappa shape index (κ2) is 6.74. The van der Waals surface area contributed by atoms with Crippen LogP contribution in [0.2, 0.25) is 0 Å². The zero-order valence-corrected chi connectivity index (χ0v) is 12.5. The van der Waals surface area contributed by atoms with E-state index in [9.17, 15) is 0 Å². The van der Waals surface area contributed by atoms with Gasteiger partial charge in [-0.25, -0.2) is 0 Å². The number of hydrogen-bond acceptors (Lipinski definition) is 1. The molecule has 0 N–H and O–H groups in total. The van der Waals surface area contributed by atoms with E-state index in [4.69, 9.17) is 4.74 Å². The molecule has 1 aliphatic rings. The highest BCUT2D eigenvalue weighted by Crippen LogP contribution is 2.34. The lowest BCUT2D eigenvalue weighted by molar-refractivity contribution is -0.0210. The largest absolute Gasteiger partial charge is 0.374 e. The monoisotopic (exact) mass is 344 g/mol. The third-order valence-electron chi connectivity index (χ3n) is 3.62. The Labute approximate surface area is 118 Å². The molecule has 0 radical (unpaired) electrons. The topological polar surface area (TPSA) is 9.23 Å². The van der Waals surface area contributed by atoms with Crippen molar-refractivity contribution in [1.82, 2.24) is 0 Å². The summed E-state index contributed by atoms with van der Waals surface area (Å²) >= 11 is 2.48. The molecule has 0 spiro atoms. The van der Waals surface area contributed by atoms with Gasteiger partial charge in [0.1, 0.15) is 0 Å². The van der Waals surface area contributed by atoms with Crippen LogP contribution in [0.1, 0.15) is 37.7 Å². The number of ether oxygens (including phenoxy) is 1. The summed E-state index contributed by atoms with van der Waals surface area (Å²) in [5.74, 6) is 0. The summed E-state index contributed by atoms with van der Waals surface area (Å²) in [7, 11) is 0. The summed E-state index contributed by atoms with van der Waals surface area (Å²) in [5.41, 5.74) is 1.64. The fourth-order valence-corrected chi connectivity index (χ4v) is 3.53. The summed E-state index contributed by atoms with van der Waals surface area (Å²) in [6.45, 7) is 0.915. The lowest BCUT2D eigenvalue weighted by Crippen LogP contribution is -2.31. The van der Waals surface area contributed by atoms with Crippen LogP contribution in [0.25, 0.3) is 0 Å². The molecule has 1 aliphatic carbocycles. The Balaban J connectivity index is 1.69. The number of rotatable bonds is 6. The second-order valence-electron chi connectivity index (χ2n) is 4.96. The van der Waals surface area contributed by atoms with Crippen molar-refractivity contribution in [3.05, 3.63) is 35.9 Å².